The van der Waals surface area contributed by atoms with E-state index in [0.717, 1.165) is 0 Å². The third-order valence-corrected chi connectivity index (χ3v) is 1.05. The normalized spacial score (nSPS) is 28.4. The maximum absolute atomic E-state index is 2.17. The highest BCUT2D eigenvalue weighted by atomic mass is 14.0. The van der Waals surface area contributed by atoms with Crippen molar-refractivity contribution in [1.29, 1.82) is 0 Å². The molecule has 1 radical (unpaired) electrons. The maximum Gasteiger partial charge on any atom is -0.0101 e. The molecule has 0 bridgehead atoms. The molecule has 0 heteroatoms. The highest BCUT2D eigenvalue weighted by Crippen LogP contribution is 2.07. The molecule has 0 nitrogen and oxygen atoms in total. The molecule has 7 heavy (non-hydrogen) atoms. The summed E-state index contributed by atoms with van der Waals surface area (Å²) in [6.07, 6.45) is 10.5. The van der Waals surface area contributed by atoms with Crippen molar-refractivity contribution in [3.05, 3.63) is 30.7 Å². The van der Waals surface area contributed by atoms with E-state index in [1.165, 1.54) is 0 Å². The Hall–Kier alpha value is -0.520. The van der Waals surface area contributed by atoms with Crippen LogP contribution < -0.4 is 0 Å². The Morgan fingerprint density at radius 2 is 2.00 bits per heavy atom. The molecule has 1 aliphatic carbocycles. The molecule has 0 N–H and O–H groups in total. The lowest BCUT2D eigenvalue weighted by Gasteiger charge is -2.01. The van der Waals surface area contributed by atoms with Gasteiger partial charge in [-0.05, 0) is 12.3 Å². The van der Waals surface area contributed by atoms with Crippen LogP contribution >= 0.6 is 0 Å². The minimum absolute atomic E-state index is 0.644. The summed E-state index contributed by atoms with van der Waals surface area (Å²) < 4.78 is 0. The molecule has 37 valence electrons. The summed E-state index contributed by atoms with van der Waals surface area (Å²) in [6.45, 7) is 2.17. The average Bonchev–Trinajstić information content (AvgIpc) is 1.69. The number of hydrogen-bond acceptors (Lipinski definition) is 0. The molecule has 0 saturated heterocycles. The lowest BCUT2D eigenvalue weighted by Crippen LogP contribution is -1.88. The van der Waals surface area contributed by atoms with Crippen LogP contribution in [0.5, 0.6) is 0 Å². The zero-order valence-corrected chi connectivity index (χ0v) is 4.46. The Balaban J connectivity index is 2.49. The van der Waals surface area contributed by atoms with Crippen molar-refractivity contribution < 1.29 is 0 Å². The molecular weight excluding hydrogens is 84.1 g/mol. The molecular formula is C7H9. The molecule has 1 aliphatic rings. The fraction of sp³-hybridized carbons (Fsp3) is 0.286. The van der Waals surface area contributed by atoms with Crippen molar-refractivity contribution in [2.45, 2.75) is 6.92 Å². The molecule has 0 heterocycles. The molecule has 0 aromatic carbocycles. The third kappa shape index (κ3) is 1.19. The first kappa shape index (κ1) is 4.63. The van der Waals surface area contributed by atoms with Crippen molar-refractivity contribution in [3.8, 4) is 0 Å². The van der Waals surface area contributed by atoms with Crippen molar-refractivity contribution in [2.75, 3.05) is 0 Å². The van der Waals surface area contributed by atoms with Gasteiger partial charge in [0.1, 0.15) is 0 Å². The van der Waals surface area contributed by atoms with E-state index in [1.807, 2.05) is 6.08 Å². The second-order valence-electron chi connectivity index (χ2n) is 1.82. The summed E-state index contributed by atoms with van der Waals surface area (Å²) in [5.41, 5.74) is 0. The largest absolute Gasteiger partial charge is 0.0811 e. The van der Waals surface area contributed by atoms with E-state index in [1.54, 1.807) is 0 Å². The van der Waals surface area contributed by atoms with Gasteiger partial charge in [-0.3, -0.25) is 0 Å². The summed E-state index contributed by atoms with van der Waals surface area (Å²) in [5, 5.41) is 0. The van der Waals surface area contributed by atoms with Crippen LogP contribution in [0.4, 0.5) is 0 Å². The summed E-state index contributed by atoms with van der Waals surface area (Å²) in [7, 11) is 0. The highest BCUT2D eigenvalue weighted by molar-refractivity contribution is 5.17. The van der Waals surface area contributed by atoms with E-state index in [4.69, 9.17) is 0 Å². The Labute approximate surface area is 44.5 Å². The fourth-order valence-electron chi connectivity index (χ4n) is 0.607. The standard InChI is InChI=1S/C7H9/c1-7-5-3-2-4-6-7/h2-7H,1H3. The third-order valence-electron chi connectivity index (χ3n) is 1.05. The Morgan fingerprint density at radius 3 is 2.29 bits per heavy atom. The number of hydrogen-bond donors (Lipinski definition) is 0. The van der Waals surface area contributed by atoms with Crippen LogP contribution in [0.1, 0.15) is 6.92 Å². The van der Waals surface area contributed by atoms with Gasteiger partial charge in [-0.1, -0.05) is 31.2 Å². The van der Waals surface area contributed by atoms with Crippen molar-refractivity contribution in [3.63, 3.8) is 0 Å². The van der Waals surface area contributed by atoms with Gasteiger partial charge in [0.25, 0.3) is 0 Å². The zero-order chi connectivity index (χ0) is 5.11. The Morgan fingerprint density at radius 1 is 1.14 bits per heavy atom. The van der Waals surface area contributed by atoms with Crippen molar-refractivity contribution >= 4 is 0 Å². The number of rotatable bonds is 0. The second-order valence-corrected chi connectivity index (χ2v) is 1.82. The van der Waals surface area contributed by atoms with Crippen LogP contribution in [-0.2, 0) is 0 Å². The predicted molar refractivity (Wildman–Crippen MR) is 31.7 cm³/mol. The van der Waals surface area contributed by atoms with Gasteiger partial charge in [0.15, 0.2) is 0 Å². The van der Waals surface area contributed by atoms with Crippen LogP contribution in [0.3, 0.4) is 0 Å². The lowest BCUT2D eigenvalue weighted by molar-refractivity contribution is 0.877. The van der Waals surface area contributed by atoms with Crippen molar-refractivity contribution in [2.24, 2.45) is 5.92 Å². The van der Waals surface area contributed by atoms with Gasteiger partial charge in [-0.25, -0.2) is 0 Å². The van der Waals surface area contributed by atoms with Gasteiger partial charge in [0, 0.05) is 0 Å². The molecule has 0 spiro atoms. The summed E-state index contributed by atoms with van der Waals surface area (Å²) >= 11 is 0. The first-order chi connectivity index (χ1) is 3.39. The molecule has 0 aliphatic heterocycles. The minimum Gasteiger partial charge on any atom is -0.0811 e. The van der Waals surface area contributed by atoms with Gasteiger partial charge < -0.3 is 0 Å². The van der Waals surface area contributed by atoms with E-state index in [-0.39, 0.29) is 0 Å². The Kier molecular flexibility index (Phi) is 1.30. The van der Waals surface area contributed by atoms with Gasteiger partial charge >= 0.3 is 0 Å². The summed E-state index contributed by atoms with van der Waals surface area (Å²) in [6, 6.07) is 0. The van der Waals surface area contributed by atoms with Crippen LogP contribution in [0.2, 0.25) is 0 Å². The van der Waals surface area contributed by atoms with Crippen LogP contribution in [0.15, 0.2) is 24.3 Å². The minimum atomic E-state index is 0.644. The van der Waals surface area contributed by atoms with Gasteiger partial charge in [-0.15, -0.1) is 0 Å². The average molecular weight is 93.1 g/mol. The van der Waals surface area contributed by atoms with Crippen LogP contribution in [0.25, 0.3) is 0 Å². The first-order valence-corrected chi connectivity index (χ1v) is 2.58. The van der Waals surface area contributed by atoms with E-state index in [2.05, 4.69) is 31.6 Å². The van der Waals surface area contributed by atoms with E-state index >= 15 is 0 Å². The number of allylic oxidation sites excluding steroid dienone is 4. The maximum atomic E-state index is 2.17. The summed E-state index contributed by atoms with van der Waals surface area (Å²) in [5.74, 6) is 0.644. The topological polar surface area (TPSA) is 0 Å². The SMILES string of the molecule is CC1[CH]C=CC=C1. The molecule has 1 rings (SSSR count). The zero-order valence-electron chi connectivity index (χ0n) is 4.46. The predicted octanol–water partition coefficient (Wildman–Crippen LogP) is 1.95. The van der Waals surface area contributed by atoms with Gasteiger partial charge in [-0.2, -0.15) is 0 Å². The molecule has 0 amide bonds. The molecule has 0 saturated carbocycles. The molecule has 1 atom stereocenters. The first-order valence-electron chi connectivity index (χ1n) is 2.58. The van der Waals surface area contributed by atoms with Gasteiger partial charge in [0.2, 0.25) is 0 Å². The lowest BCUT2D eigenvalue weighted by atomic mass is 10.0. The molecule has 0 fully saturated rings. The molecule has 0 aromatic rings. The molecule has 1 unspecified atom stereocenters. The highest BCUT2D eigenvalue weighted by Gasteiger charge is 1.93. The fourth-order valence-corrected chi connectivity index (χ4v) is 0.607. The molecule has 0 aromatic heterocycles. The van der Waals surface area contributed by atoms with E-state index < -0.39 is 0 Å². The second kappa shape index (κ2) is 1.97. The van der Waals surface area contributed by atoms with Gasteiger partial charge in [0.05, 0.1) is 0 Å². The monoisotopic (exact) mass is 93.1 g/mol. The van der Waals surface area contributed by atoms with Crippen molar-refractivity contribution in [1.82, 2.24) is 0 Å². The van der Waals surface area contributed by atoms with E-state index in [9.17, 15) is 0 Å². The summed E-state index contributed by atoms with van der Waals surface area (Å²) in [4.78, 5) is 0. The quantitative estimate of drug-likeness (QED) is 0.429. The Bertz CT molecular complexity index is 98.6. The van der Waals surface area contributed by atoms with Crippen LogP contribution in [0, 0.1) is 12.3 Å². The van der Waals surface area contributed by atoms with E-state index in [0.29, 0.717) is 5.92 Å². The van der Waals surface area contributed by atoms with Crippen LogP contribution in [-0.4, -0.2) is 0 Å². The smallest absolute Gasteiger partial charge is 0.0101 e.